The second kappa shape index (κ2) is 6.02. The van der Waals surface area contributed by atoms with E-state index < -0.39 is 15.6 Å². The molecule has 0 amide bonds. The van der Waals surface area contributed by atoms with E-state index in [0.717, 1.165) is 0 Å². The molecular formula is C13H18Cl2N2O3S. The van der Waals surface area contributed by atoms with Crippen molar-refractivity contribution < 1.29 is 13.2 Å². The van der Waals surface area contributed by atoms with E-state index in [2.05, 4.69) is 0 Å². The first-order valence-electron chi connectivity index (χ1n) is 6.49. The molecule has 0 aliphatic carbocycles. The lowest BCUT2D eigenvalue weighted by Gasteiger charge is -2.40. The quantitative estimate of drug-likeness (QED) is 0.905. The minimum absolute atomic E-state index is 0.00732. The average molecular weight is 353 g/mol. The van der Waals surface area contributed by atoms with Gasteiger partial charge in [0.2, 0.25) is 10.0 Å². The molecule has 1 fully saturated rings. The van der Waals surface area contributed by atoms with Crippen LogP contribution >= 0.6 is 23.2 Å². The van der Waals surface area contributed by atoms with Crippen LogP contribution in [0.3, 0.4) is 0 Å². The van der Waals surface area contributed by atoms with Crippen molar-refractivity contribution in [2.75, 3.05) is 19.8 Å². The zero-order valence-electron chi connectivity index (χ0n) is 11.9. The second-order valence-electron chi connectivity index (χ2n) is 5.52. The standard InChI is InChI=1S/C13H18Cl2N2O3S/c1-13(2)8-20-4-3-17(13)21(18,19)11-6-10(14)5-9(7-16)12(11)15/h5-6H,3-4,7-8,16H2,1-2H3. The lowest BCUT2D eigenvalue weighted by molar-refractivity contribution is -0.00770. The van der Waals surface area contributed by atoms with Crippen LogP contribution < -0.4 is 5.73 Å². The van der Waals surface area contributed by atoms with Gasteiger partial charge in [-0.3, -0.25) is 0 Å². The smallest absolute Gasteiger partial charge is 0.245 e. The summed E-state index contributed by atoms with van der Waals surface area (Å²) in [6, 6.07) is 2.94. The summed E-state index contributed by atoms with van der Waals surface area (Å²) >= 11 is 12.2. The number of hydrogen-bond donors (Lipinski definition) is 1. The molecule has 0 unspecified atom stereocenters. The van der Waals surface area contributed by atoms with E-state index in [9.17, 15) is 8.42 Å². The third-order valence-electron chi connectivity index (χ3n) is 3.44. The second-order valence-corrected chi connectivity index (χ2v) is 8.17. The number of hydrogen-bond acceptors (Lipinski definition) is 4. The molecule has 1 saturated heterocycles. The molecule has 1 aromatic rings. The van der Waals surface area contributed by atoms with Gasteiger partial charge in [-0.15, -0.1) is 0 Å². The Balaban J connectivity index is 2.56. The molecule has 0 atom stereocenters. The van der Waals surface area contributed by atoms with Gasteiger partial charge < -0.3 is 10.5 Å². The fourth-order valence-corrected chi connectivity index (χ4v) is 5.04. The van der Waals surface area contributed by atoms with Crippen molar-refractivity contribution in [3.05, 3.63) is 27.7 Å². The van der Waals surface area contributed by atoms with Gasteiger partial charge in [0.25, 0.3) is 0 Å². The SMILES string of the molecule is CC1(C)COCCN1S(=O)(=O)c1cc(Cl)cc(CN)c1Cl. The number of nitrogens with two attached hydrogens (primary N) is 1. The Kier molecular flexibility index (Phi) is 4.87. The first-order chi connectivity index (χ1) is 9.70. The number of sulfonamides is 1. The van der Waals surface area contributed by atoms with Crippen molar-refractivity contribution in [2.24, 2.45) is 5.73 Å². The highest BCUT2D eigenvalue weighted by Gasteiger charge is 2.40. The van der Waals surface area contributed by atoms with E-state index in [0.29, 0.717) is 23.8 Å². The number of ether oxygens (including phenoxy) is 1. The molecule has 1 aliphatic heterocycles. The first-order valence-corrected chi connectivity index (χ1v) is 8.68. The molecule has 0 saturated carbocycles. The van der Waals surface area contributed by atoms with Crippen molar-refractivity contribution in [2.45, 2.75) is 30.8 Å². The van der Waals surface area contributed by atoms with Gasteiger partial charge in [0.15, 0.2) is 0 Å². The number of nitrogens with zero attached hydrogens (tertiary/aromatic N) is 1. The van der Waals surface area contributed by atoms with E-state index in [1.807, 2.05) is 13.8 Å². The van der Waals surface area contributed by atoms with Gasteiger partial charge in [-0.2, -0.15) is 4.31 Å². The van der Waals surface area contributed by atoms with Gasteiger partial charge in [-0.1, -0.05) is 23.2 Å². The highest BCUT2D eigenvalue weighted by Crippen LogP contribution is 2.34. The zero-order valence-corrected chi connectivity index (χ0v) is 14.2. The van der Waals surface area contributed by atoms with Gasteiger partial charge in [-0.05, 0) is 31.5 Å². The lowest BCUT2D eigenvalue weighted by atomic mass is 10.1. The maximum Gasteiger partial charge on any atom is 0.245 e. The fourth-order valence-electron chi connectivity index (χ4n) is 2.36. The van der Waals surface area contributed by atoms with E-state index >= 15 is 0 Å². The Morgan fingerprint density at radius 1 is 1.38 bits per heavy atom. The van der Waals surface area contributed by atoms with E-state index in [1.54, 1.807) is 6.07 Å². The zero-order chi connectivity index (χ0) is 15.8. The highest BCUT2D eigenvalue weighted by molar-refractivity contribution is 7.89. The molecule has 0 aromatic heterocycles. The highest BCUT2D eigenvalue weighted by atomic mass is 35.5. The summed E-state index contributed by atoms with van der Waals surface area (Å²) in [5.41, 5.74) is 5.45. The molecule has 8 heteroatoms. The average Bonchev–Trinajstić information content (AvgIpc) is 2.40. The Labute approximate surface area is 135 Å². The minimum atomic E-state index is -3.77. The summed E-state index contributed by atoms with van der Waals surface area (Å²) < 4.78 is 32.6. The van der Waals surface area contributed by atoms with Crippen LogP contribution in [0.5, 0.6) is 0 Å². The molecule has 1 heterocycles. The van der Waals surface area contributed by atoms with Crippen LogP contribution in [0.25, 0.3) is 0 Å². The molecule has 21 heavy (non-hydrogen) atoms. The maximum absolute atomic E-state index is 12.9. The Morgan fingerprint density at radius 2 is 2.05 bits per heavy atom. The van der Waals surface area contributed by atoms with Gasteiger partial charge in [0.1, 0.15) is 4.90 Å². The Hall–Kier alpha value is -0.370. The summed E-state index contributed by atoms with van der Waals surface area (Å²) in [5, 5.41) is 0.425. The number of halogens is 2. The van der Waals surface area contributed by atoms with Gasteiger partial charge >= 0.3 is 0 Å². The first kappa shape index (κ1) is 17.0. The van der Waals surface area contributed by atoms with E-state index in [1.165, 1.54) is 10.4 Å². The van der Waals surface area contributed by atoms with Crippen LogP contribution in [-0.2, 0) is 21.3 Å². The Bertz CT molecular complexity index is 647. The van der Waals surface area contributed by atoms with Crippen molar-refractivity contribution in [3.8, 4) is 0 Å². The summed E-state index contributed by atoms with van der Waals surface area (Å²) in [6.07, 6.45) is 0. The molecule has 5 nitrogen and oxygen atoms in total. The van der Waals surface area contributed by atoms with Gasteiger partial charge in [0.05, 0.1) is 23.8 Å². The molecule has 0 spiro atoms. The molecule has 118 valence electrons. The van der Waals surface area contributed by atoms with Crippen molar-refractivity contribution in [1.82, 2.24) is 4.31 Å². The van der Waals surface area contributed by atoms with Crippen molar-refractivity contribution in [1.29, 1.82) is 0 Å². The number of benzene rings is 1. The molecule has 2 N–H and O–H groups in total. The van der Waals surface area contributed by atoms with Crippen LogP contribution in [0, 0.1) is 0 Å². The fraction of sp³-hybridized carbons (Fsp3) is 0.538. The van der Waals surface area contributed by atoms with Crippen molar-refractivity contribution in [3.63, 3.8) is 0 Å². The van der Waals surface area contributed by atoms with E-state index in [-0.39, 0.29) is 23.0 Å². The molecule has 1 aliphatic rings. The summed E-state index contributed by atoms with van der Waals surface area (Å²) in [5.74, 6) is 0. The van der Waals surface area contributed by atoms with Crippen molar-refractivity contribution >= 4 is 33.2 Å². The summed E-state index contributed by atoms with van der Waals surface area (Å²) in [4.78, 5) is -0.00732. The Morgan fingerprint density at radius 3 is 2.62 bits per heavy atom. The maximum atomic E-state index is 12.9. The lowest BCUT2D eigenvalue weighted by Crippen LogP contribution is -2.55. The van der Waals surface area contributed by atoms with Crippen LogP contribution in [0.2, 0.25) is 10.0 Å². The predicted octanol–water partition coefficient (Wildman–Crippen LogP) is 2.25. The third kappa shape index (κ3) is 3.21. The van der Waals surface area contributed by atoms with Crippen LogP contribution in [0.1, 0.15) is 19.4 Å². The minimum Gasteiger partial charge on any atom is -0.378 e. The van der Waals surface area contributed by atoms with Gasteiger partial charge in [-0.25, -0.2) is 8.42 Å². The van der Waals surface area contributed by atoms with Crippen LogP contribution in [0.4, 0.5) is 0 Å². The van der Waals surface area contributed by atoms with Gasteiger partial charge in [0, 0.05) is 18.1 Å². The van der Waals surface area contributed by atoms with Crippen LogP contribution in [-0.4, -0.2) is 38.0 Å². The summed E-state index contributed by atoms with van der Waals surface area (Å²) in [7, 11) is -3.77. The third-order valence-corrected chi connectivity index (χ3v) is 6.35. The monoisotopic (exact) mass is 352 g/mol. The summed E-state index contributed by atoms with van der Waals surface area (Å²) in [6.45, 7) is 4.70. The molecule has 0 radical (unpaired) electrons. The topological polar surface area (TPSA) is 72.6 Å². The normalized spacial score (nSPS) is 19.7. The molecular weight excluding hydrogens is 335 g/mol. The predicted molar refractivity (Wildman–Crippen MR) is 83.1 cm³/mol. The van der Waals surface area contributed by atoms with E-state index in [4.69, 9.17) is 33.7 Å². The molecule has 1 aromatic carbocycles. The van der Waals surface area contributed by atoms with Crippen LogP contribution in [0.15, 0.2) is 17.0 Å². The molecule has 2 rings (SSSR count). The largest absolute Gasteiger partial charge is 0.378 e. The molecule has 0 bridgehead atoms. The number of rotatable bonds is 3. The number of morpholine rings is 1.